The van der Waals surface area contributed by atoms with Crippen molar-refractivity contribution < 1.29 is 9.59 Å². The molecular weight excluding hydrogens is 340 g/mol. The average Bonchev–Trinajstić information content (AvgIpc) is 2.82. The molecule has 0 radical (unpaired) electrons. The van der Waals surface area contributed by atoms with Gasteiger partial charge in [-0.05, 0) is 17.7 Å². The number of benzene rings is 1. The highest BCUT2D eigenvalue weighted by atomic mass is 35.5. The highest BCUT2D eigenvalue weighted by Crippen LogP contribution is 2.30. The lowest BCUT2D eigenvalue weighted by Crippen LogP contribution is -2.11. The van der Waals surface area contributed by atoms with Crippen LogP contribution in [-0.4, -0.2) is 27.4 Å². The van der Waals surface area contributed by atoms with Crippen LogP contribution in [0.25, 0.3) is 0 Å². The molecule has 1 aromatic heterocycles. The maximum absolute atomic E-state index is 12.3. The molecule has 2 aromatic rings. The molecule has 0 saturated carbocycles. The van der Waals surface area contributed by atoms with Crippen molar-refractivity contribution in [2.75, 3.05) is 16.8 Å². The number of nitrogen functional groups attached to an aromatic ring is 1. The minimum atomic E-state index is -0.382. The Hall–Kier alpha value is -2.32. The van der Waals surface area contributed by atoms with Crippen LogP contribution in [0.1, 0.15) is 15.9 Å². The number of hydrogen-bond acceptors (Lipinski definition) is 6. The number of amides is 1. The minimum Gasteiger partial charge on any atom is -0.383 e. The van der Waals surface area contributed by atoms with Crippen molar-refractivity contribution in [3.63, 3.8) is 0 Å². The number of hydrogen-bond donors (Lipinski definition) is 3. The van der Waals surface area contributed by atoms with Gasteiger partial charge in [0.05, 0.1) is 17.2 Å². The molecule has 7 nitrogen and oxygen atoms in total. The van der Waals surface area contributed by atoms with Crippen molar-refractivity contribution in [3.8, 4) is 0 Å². The predicted molar refractivity (Wildman–Crippen MR) is 88.1 cm³/mol. The molecule has 2 heterocycles. The number of aromatic nitrogens is 2. The third-order valence-electron chi connectivity index (χ3n) is 3.20. The highest BCUT2D eigenvalue weighted by molar-refractivity contribution is 7.99. The first-order valence-corrected chi connectivity index (χ1v) is 7.94. The summed E-state index contributed by atoms with van der Waals surface area (Å²) in [5, 5.41) is 3.20. The summed E-state index contributed by atoms with van der Waals surface area (Å²) in [7, 11) is 0. The number of anilines is 2. The Bertz CT molecular complexity index is 881. The fourth-order valence-corrected chi connectivity index (χ4v) is 3.23. The lowest BCUT2D eigenvalue weighted by molar-refractivity contribution is -0.115. The van der Waals surface area contributed by atoms with E-state index in [9.17, 15) is 14.4 Å². The van der Waals surface area contributed by atoms with Gasteiger partial charge in [-0.2, -0.15) is 0 Å². The van der Waals surface area contributed by atoms with E-state index in [2.05, 4.69) is 15.3 Å². The van der Waals surface area contributed by atoms with Gasteiger partial charge in [0.25, 0.3) is 5.56 Å². The van der Waals surface area contributed by atoms with Gasteiger partial charge < -0.3 is 16.0 Å². The fourth-order valence-electron chi connectivity index (χ4n) is 2.20. The second-order valence-electron chi connectivity index (χ2n) is 4.90. The van der Waals surface area contributed by atoms with Crippen LogP contribution in [0.2, 0.25) is 5.02 Å². The molecule has 0 fully saturated rings. The standard InChI is InChI=1S/C14H11ClN4O3S/c15-8-3-9-6(2-12(21)17-9)1-7(8)10(20)5-23-14-18-11(16)4-13(22)19-14/h1,3-4H,2,5H2,(H,17,21)(H3,16,18,19,22). The van der Waals surface area contributed by atoms with E-state index in [4.69, 9.17) is 17.3 Å². The predicted octanol–water partition coefficient (Wildman–Crippen LogP) is 1.48. The summed E-state index contributed by atoms with van der Waals surface area (Å²) < 4.78 is 0. The van der Waals surface area contributed by atoms with Crippen LogP contribution in [0.3, 0.4) is 0 Å². The Morgan fingerprint density at radius 1 is 1.35 bits per heavy atom. The number of ketones is 1. The van der Waals surface area contributed by atoms with Crippen molar-refractivity contribution >= 4 is 46.6 Å². The van der Waals surface area contributed by atoms with E-state index in [0.29, 0.717) is 11.3 Å². The minimum absolute atomic E-state index is 0.0340. The maximum Gasteiger partial charge on any atom is 0.253 e. The second kappa shape index (κ2) is 6.05. The normalized spacial score (nSPS) is 12.8. The van der Waals surface area contributed by atoms with Crippen molar-refractivity contribution in [2.45, 2.75) is 11.6 Å². The van der Waals surface area contributed by atoms with Gasteiger partial charge >= 0.3 is 0 Å². The van der Waals surface area contributed by atoms with Crippen LogP contribution >= 0.6 is 23.4 Å². The molecule has 118 valence electrons. The second-order valence-corrected chi connectivity index (χ2v) is 6.27. The van der Waals surface area contributed by atoms with Gasteiger partial charge in [0.2, 0.25) is 5.91 Å². The summed E-state index contributed by atoms with van der Waals surface area (Å²) >= 11 is 7.16. The van der Waals surface area contributed by atoms with Crippen LogP contribution in [0.5, 0.6) is 0 Å². The summed E-state index contributed by atoms with van der Waals surface area (Å²) in [6.45, 7) is 0. The molecule has 9 heteroatoms. The summed E-state index contributed by atoms with van der Waals surface area (Å²) in [4.78, 5) is 41.4. The first-order valence-electron chi connectivity index (χ1n) is 6.57. The fraction of sp³-hybridized carbons (Fsp3) is 0.143. The van der Waals surface area contributed by atoms with Gasteiger partial charge in [0.1, 0.15) is 5.82 Å². The quantitative estimate of drug-likeness (QED) is 0.436. The average molecular weight is 351 g/mol. The van der Waals surface area contributed by atoms with Crippen molar-refractivity contribution in [2.24, 2.45) is 0 Å². The number of H-pyrrole nitrogens is 1. The zero-order valence-electron chi connectivity index (χ0n) is 11.7. The topological polar surface area (TPSA) is 118 Å². The molecule has 1 aromatic carbocycles. The highest BCUT2D eigenvalue weighted by Gasteiger charge is 2.22. The number of carbonyl (C=O) groups is 2. The van der Waals surface area contributed by atoms with Crippen molar-refractivity contribution in [3.05, 3.63) is 44.7 Å². The van der Waals surface area contributed by atoms with E-state index in [-0.39, 0.29) is 45.4 Å². The number of nitrogens with two attached hydrogens (primary N) is 1. The maximum atomic E-state index is 12.3. The van der Waals surface area contributed by atoms with Gasteiger partial charge in [0, 0.05) is 17.3 Å². The number of Topliss-reactive ketones (excluding diaryl/α,β-unsaturated/α-hetero) is 1. The van der Waals surface area contributed by atoms with Gasteiger partial charge in [0.15, 0.2) is 10.9 Å². The molecular formula is C14H11ClN4O3S. The van der Waals surface area contributed by atoms with E-state index in [0.717, 1.165) is 23.4 Å². The Morgan fingerprint density at radius 3 is 2.87 bits per heavy atom. The number of aromatic amines is 1. The summed E-state index contributed by atoms with van der Waals surface area (Å²) in [5.74, 6) is -0.237. The molecule has 1 aliphatic rings. The summed E-state index contributed by atoms with van der Waals surface area (Å²) in [6, 6.07) is 4.35. The first kappa shape index (κ1) is 15.6. The molecule has 1 aliphatic heterocycles. The van der Waals surface area contributed by atoms with E-state index in [1.807, 2.05) is 0 Å². The van der Waals surface area contributed by atoms with Gasteiger partial charge in [-0.1, -0.05) is 23.4 Å². The molecule has 0 spiro atoms. The number of halogens is 1. The summed E-state index contributed by atoms with van der Waals surface area (Å²) in [6.07, 6.45) is 0.226. The van der Waals surface area contributed by atoms with Gasteiger partial charge in [-0.25, -0.2) is 4.98 Å². The smallest absolute Gasteiger partial charge is 0.253 e. The third-order valence-corrected chi connectivity index (χ3v) is 4.38. The first-order chi connectivity index (χ1) is 10.9. The number of nitrogens with one attached hydrogen (secondary N) is 2. The van der Waals surface area contributed by atoms with E-state index < -0.39 is 0 Å². The molecule has 3 rings (SSSR count). The lowest BCUT2D eigenvalue weighted by Gasteiger charge is -2.06. The molecule has 0 aliphatic carbocycles. The lowest BCUT2D eigenvalue weighted by atomic mass is 10.1. The van der Waals surface area contributed by atoms with Crippen LogP contribution < -0.4 is 16.6 Å². The monoisotopic (exact) mass is 350 g/mol. The van der Waals surface area contributed by atoms with Crippen molar-refractivity contribution in [1.29, 1.82) is 0 Å². The molecule has 1 amide bonds. The molecule has 0 bridgehead atoms. The van der Waals surface area contributed by atoms with Crippen LogP contribution in [0.15, 0.2) is 28.2 Å². The number of fused-ring (bicyclic) bond motifs is 1. The third kappa shape index (κ3) is 3.38. The summed E-state index contributed by atoms with van der Waals surface area (Å²) in [5.41, 5.74) is 6.81. The Balaban J connectivity index is 1.77. The Kier molecular flexibility index (Phi) is 4.10. The molecule has 0 atom stereocenters. The van der Waals surface area contributed by atoms with E-state index >= 15 is 0 Å². The van der Waals surface area contributed by atoms with E-state index in [1.54, 1.807) is 12.1 Å². The number of thioether (sulfide) groups is 1. The Labute approximate surface area is 139 Å². The van der Waals surface area contributed by atoms with Crippen LogP contribution in [0.4, 0.5) is 11.5 Å². The van der Waals surface area contributed by atoms with Crippen molar-refractivity contribution in [1.82, 2.24) is 9.97 Å². The number of nitrogens with zero attached hydrogens (tertiary/aromatic N) is 1. The zero-order valence-corrected chi connectivity index (χ0v) is 13.3. The zero-order chi connectivity index (χ0) is 16.6. The van der Waals surface area contributed by atoms with Gasteiger partial charge in [-0.3, -0.25) is 14.4 Å². The van der Waals surface area contributed by atoms with Crippen LogP contribution in [0, 0.1) is 0 Å². The Morgan fingerprint density at radius 2 is 2.13 bits per heavy atom. The molecule has 0 unspecified atom stereocenters. The number of carbonyl (C=O) groups excluding carboxylic acids is 2. The SMILES string of the molecule is Nc1cc(=O)[nH]c(SCC(=O)c2cc3c(cc2Cl)NC(=O)C3)n1. The molecule has 4 N–H and O–H groups in total. The van der Waals surface area contributed by atoms with Crippen LogP contribution in [-0.2, 0) is 11.2 Å². The largest absolute Gasteiger partial charge is 0.383 e. The molecule has 23 heavy (non-hydrogen) atoms. The van der Waals surface area contributed by atoms with Gasteiger partial charge in [-0.15, -0.1) is 0 Å². The molecule has 0 saturated heterocycles. The number of rotatable bonds is 4. The van der Waals surface area contributed by atoms with E-state index in [1.165, 1.54) is 0 Å².